The fraction of sp³-hybridized carbons (Fsp3) is 0.212. The minimum Gasteiger partial charge on any atom is -0.488 e. The molecule has 1 aliphatic rings. The number of anilines is 3. The van der Waals surface area contributed by atoms with Gasteiger partial charge in [0.1, 0.15) is 12.4 Å². The van der Waals surface area contributed by atoms with Crippen LogP contribution in [0.4, 0.5) is 17.1 Å². The fourth-order valence-electron chi connectivity index (χ4n) is 5.04. The molecule has 0 fully saturated rings. The number of carbonyl (C=O) groups excluding carboxylic acids is 1. The zero-order valence-corrected chi connectivity index (χ0v) is 24.8. The van der Waals surface area contributed by atoms with Crippen LogP contribution in [0.5, 0.6) is 5.75 Å². The number of nitrogens with zero attached hydrogens (tertiary/aromatic N) is 4. The Morgan fingerprint density at radius 3 is 2.10 bits per heavy atom. The first-order valence-electron chi connectivity index (χ1n) is 13.7. The average molecular weight is 588 g/mol. The van der Waals surface area contributed by atoms with Gasteiger partial charge in [0.2, 0.25) is 0 Å². The molecule has 6 nitrogen and oxygen atoms in total. The van der Waals surface area contributed by atoms with Gasteiger partial charge in [-0.25, -0.2) is 5.01 Å². The van der Waals surface area contributed by atoms with Gasteiger partial charge in [0.15, 0.2) is 17.8 Å². The Morgan fingerprint density at radius 2 is 1.46 bits per heavy atom. The van der Waals surface area contributed by atoms with Crippen LogP contribution >= 0.6 is 23.2 Å². The number of hydrazone groups is 1. The second-order valence-electron chi connectivity index (χ2n) is 9.62. The zero-order valence-electron chi connectivity index (χ0n) is 23.3. The summed E-state index contributed by atoms with van der Waals surface area (Å²) in [4.78, 5) is 17.3. The quantitative estimate of drug-likeness (QED) is 0.187. The SMILES string of the molecule is CCN(CC)c1ccc(N2C(C(C)=O)=NN(c3ccccc3)[C@H]2c2ccccc2OCc2c(Cl)cccc2Cl)cc1. The Balaban J connectivity index is 1.60. The summed E-state index contributed by atoms with van der Waals surface area (Å²) in [6.45, 7) is 7.82. The van der Waals surface area contributed by atoms with E-state index in [4.69, 9.17) is 33.0 Å². The molecule has 5 rings (SSSR count). The first-order valence-corrected chi connectivity index (χ1v) is 14.4. The molecule has 8 heteroatoms. The number of carbonyl (C=O) groups is 1. The Labute approximate surface area is 251 Å². The van der Waals surface area contributed by atoms with E-state index in [-0.39, 0.29) is 12.4 Å². The molecular weight excluding hydrogens is 555 g/mol. The topological polar surface area (TPSA) is 48.4 Å². The van der Waals surface area contributed by atoms with Crippen molar-refractivity contribution in [2.45, 2.75) is 33.5 Å². The van der Waals surface area contributed by atoms with Crippen LogP contribution in [-0.2, 0) is 11.4 Å². The molecule has 41 heavy (non-hydrogen) atoms. The predicted octanol–water partition coefficient (Wildman–Crippen LogP) is 8.35. The normalized spacial score (nSPS) is 14.7. The smallest absolute Gasteiger partial charge is 0.198 e. The lowest BCUT2D eigenvalue weighted by atomic mass is 10.1. The van der Waals surface area contributed by atoms with Crippen molar-refractivity contribution in [3.8, 4) is 5.75 Å². The molecule has 4 aromatic rings. The minimum atomic E-state index is -0.492. The molecule has 0 amide bonds. The number of ketones is 1. The minimum absolute atomic E-state index is 0.137. The second kappa shape index (κ2) is 12.7. The molecular formula is C33H32Cl2N4O2. The number of hydrogen-bond donors (Lipinski definition) is 0. The highest BCUT2D eigenvalue weighted by Gasteiger charge is 2.40. The van der Waals surface area contributed by atoms with E-state index in [0.717, 1.165) is 35.7 Å². The van der Waals surface area contributed by atoms with Crippen molar-refractivity contribution in [1.29, 1.82) is 0 Å². The molecule has 4 aromatic carbocycles. The molecule has 0 bridgehead atoms. The maximum Gasteiger partial charge on any atom is 0.198 e. The van der Waals surface area contributed by atoms with Crippen molar-refractivity contribution in [2.75, 3.05) is 27.9 Å². The first kappa shape index (κ1) is 28.5. The van der Waals surface area contributed by atoms with Crippen LogP contribution in [0.25, 0.3) is 0 Å². The van der Waals surface area contributed by atoms with E-state index in [0.29, 0.717) is 27.2 Å². The Bertz CT molecular complexity index is 1520. The molecule has 0 N–H and O–H groups in total. The average Bonchev–Trinajstić information content (AvgIpc) is 3.39. The van der Waals surface area contributed by atoms with Gasteiger partial charge in [0.25, 0.3) is 0 Å². The number of rotatable bonds is 10. The summed E-state index contributed by atoms with van der Waals surface area (Å²) in [6, 6.07) is 31.3. The standard InChI is InChI=1S/C33H32Cl2N4O2/c1-4-37(5-2)24-18-20-25(21-19-24)38-32(23(3)40)36-39(26-12-7-6-8-13-26)33(38)27-14-9-10-17-31(27)41-22-28-29(34)15-11-16-30(28)35/h6-21,33H,4-5,22H2,1-3H3/t33-/m0/s1. The number of benzene rings is 4. The van der Waals surface area contributed by atoms with Crippen LogP contribution in [0.1, 0.15) is 38.1 Å². The molecule has 0 aliphatic carbocycles. The maximum atomic E-state index is 13.1. The molecule has 0 saturated heterocycles. The summed E-state index contributed by atoms with van der Waals surface area (Å²) in [7, 11) is 0. The Hall–Kier alpha value is -4.00. The lowest BCUT2D eigenvalue weighted by Crippen LogP contribution is -2.38. The summed E-state index contributed by atoms with van der Waals surface area (Å²) in [5.41, 5.74) is 4.37. The van der Waals surface area contributed by atoms with Gasteiger partial charge in [0.05, 0.1) is 5.69 Å². The molecule has 0 spiro atoms. The summed E-state index contributed by atoms with van der Waals surface area (Å²) < 4.78 is 6.38. The summed E-state index contributed by atoms with van der Waals surface area (Å²) in [5, 5.41) is 7.83. The number of hydrogen-bond acceptors (Lipinski definition) is 6. The summed E-state index contributed by atoms with van der Waals surface area (Å²) in [6.07, 6.45) is -0.492. The third-order valence-corrected chi connectivity index (χ3v) is 7.84. The van der Waals surface area contributed by atoms with Gasteiger partial charge >= 0.3 is 0 Å². The van der Waals surface area contributed by atoms with E-state index in [1.807, 2.05) is 82.7 Å². The number of halogens is 2. The largest absolute Gasteiger partial charge is 0.488 e. The van der Waals surface area contributed by atoms with Crippen LogP contribution in [0, 0.1) is 0 Å². The van der Waals surface area contributed by atoms with Crippen molar-refractivity contribution in [2.24, 2.45) is 5.10 Å². The van der Waals surface area contributed by atoms with E-state index in [9.17, 15) is 4.79 Å². The van der Waals surface area contributed by atoms with Gasteiger partial charge in [-0.05, 0) is 68.4 Å². The van der Waals surface area contributed by atoms with E-state index in [1.54, 1.807) is 19.1 Å². The van der Waals surface area contributed by atoms with Crippen molar-refractivity contribution < 1.29 is 9.53 Å². The van der Waals surface area contributed by atoms with Crippen molar-refractivity contribution in [3.63, 3.8) is 0 Å². The molecule has 0 aromatic heterocycles. The number of amidine groups is 1. The molecule has 0 saturated carbocycles. The molecule has 0 unspecified atom stereocenters. The monoisotopic (exact) mass is 586 g/mol. The highest BCUT2D eigenvalue weighted by molar-refractivity contribution is 6.44. The van der Waals surface area contributed by atoms with Crippen molar-refractivity contribution >= 4 is 51.9 Å². The molecule has 1 atom stereocenters. The predicted molar refractivity (Wildman–Crippen MR) is 169 cm³/mol. The van der Waals surface area contributed by atoms with Gasteiger partial charge in [0, 0.05) is 52.6 Å². The lowest BCUT2D eigenvalue weighted by Gasteiger charge is -2.33. The van der Waals surface area contributed by atoms with Crippen molar-refractivity contribution in [3.05, 3.63) is 118 Å². The number of ether oxygens (including phenoxy) is 1. The van der Waals surface area contributed by atoms with Crippen LogP contribution in [-0.4, -0.2) is 24.7 Å². The van der Waals surface area contributed by atoms with E-state index < -0.39 is 6.17 Å². The van der Waals surface area contributed by atoms with E-state index in [2.05, 4.69) is 30.9 Å². The van der Waals surface area contributed by atoms with Gasteiger partial charge in [-0.1, -0.05) is 65.7 Å². The Kier molecular flexibility index (Phi) is 8.81. The fourth-order valence-corrected chi connectivity index (χ4v) is 5.55. The lowest BCUT2D eigenvalue weighted by molar-refractivity contribution is -0.111. The second-order valence-corrected chi connectivity index (χ2v) is 10.4. The molecule has 0 radical (unpaired) electrons. The summed E-state index contributed by atoms with van der Waals surface area (Å²) >= 11 is 12.9. The van der Waals surface area contributed by atoms with Crippen LogP contribution in [0.15, 0.2) is 102 Å². The van der Waals surface area contributed by atoms with Gasteiger partial charge < -0.3 is 9.64 Å². The molecule has 1 heterocycles. The summed E-state index contributed by atoms with van der Waals surface area (Å²) in [5.74, 6) is 0.847. The van der Waals surface area contributed by atoms with E-state index >= 15 is 0 Å². The molecule has 1 aliphatic heterocycles. The highest BCUT2D eigenvalue weighted by atomic mass is 35.5. The van der Waals surface area contributed by atoms with Crippen LogP contribution < -0.4 is 19.5 Å². The first-order chi connectivity index (χ1) is 19.9. The zero-order chi connectivity index (χ0) is 28.9. The van der Waals surface area contributed by atoms with Gasteiger partial charge in [-0.15, -0.1) is 5.10 Å². The number of para-hydroxylation sites is 2. The third kappa shape index (κ3) is 5.90. The third-order valence-electron chi connectivity index (χ3n) is 7.13. The number of Topliss-reactive ketones (excluding diaryl/α,β-unsaturated/α-hetero) is 1. The van der Waals surface area contributed by atoms with Gasteiger partial charge in [-0.3, -0.25) is 9.69 Å². The van der Waals surface area contributed by atoms with Crippen LogP contribution in [0.2, 0.25) is 10.0 Å². The molecule has 210 valence electrons. The maximum absolute atomic E-state index is 13.1. The Morgan fingerprint density at radius 1 is 0.829 bits per heavy atom. The van der Waals surface area contributed by atoms with Gasteiger partial charge in [-0.2, -0.15) is 0 Å². The van der Waals surface area contributed by atoms with E-state index in [1.165, 1.54) is 0 Å². The van der Waals surface area contributed by atoms with Crippen molar-refractivity contribution in [1.82, 2.24) is 0 Å². The highest BCUT2D eigenvalue weighted by Crippen LogP contribution is 2.42. The van der Waals surface area contributed by atoms with Crippen LogP contribution in [0.3, 0.4) is 0 Å².